The zero-order valence-electron chi connectivity index (χ0n) is 11.3. The van der Waals surface area contributed by atoms with Crippen molar-refractivity contribution in [1.82, 2.24) is 4.31 Å². The van der Waals surface area contributed by atoms with Crippen LogP contribution in [0.3, 0.4) is 0 Å². The highest BCUT2D eigenvalue weighted by Crippen LogP contribution is 2.11. The fraction of sp³-hybridized carbons (Fsp3) is 0.500. The lowest BCUT2D eigenvalue weighted by atomic mass is 10.2. The van der Waals surface area contributed by atoms with Crippen molar-refractivity contribution in [3.05, 3.63) is 39.9 Å². The van der Waals surface area contributed by atoms with Crippen LogP contribution in [0, 0.1) is 10.1 Å². The third-order valence-corrected chi connectivity index (χ3v) is 4.80. The predicted molar refractivity (Wildman–Crippen MR) is 73.9 cm³/mol. The topological polar surface area (TPSA) is 85.0 Å². The number of hydrogen-bond donors (Lipinski definition) is 1. The average Bonchev–Trinajstić information content (AvgIpc) is 2.39. The van der Waals surface area contributed by atoms with Crippen LogP contribution in [0.4, 0.5) is 5.69 Å². The molecule has 1 aliphatic rings. The second-order valence-electron chi connectivity index (χ2n) is 5.01. The number of nitrogens with one attached hydrogen (secondary N) is 1. The summed E-state index contributed by atoms with van der Waals surface area (Å²) in [5, 5.41) is 10.6. The molecular formula is C12H18N3O4S+. The van der Waals surface area contributed by atoms with Crippen molar-refractivity contribution in [3.63, 3.8) is 0 Å². The van der Waals surface area contributed by atoms with Gasteiger partial charge in [-0.3, -0.25) is 10.1 Å². The first kappa shape index (κ1) is 14.9. The normalized spacial score (nSPS) is 18.1. The van der Waals surface area contributed by atoms with Gasteiger partial charge in [0.2, 0.25) is 10.0 Å². The van der Waals surface area contributed by atoms with Crippen molar-refractivity contribution in [3.8, 4) is 0 Å². The van der Waals surface area contributed by atoms with Gasteiger partial charge in [-0.1, -0.05) is 0 Å². The molecule has 1 saturated heterocycles. The Morgan fingerprint density at radius 1 is 1.25 bits per heavy atom. The molecule has 0 unspecified atom stereocenters. The Morgan fingerprint density at radius 2 is 1.80 bits per heavy atom. The van der Waals surface area contributed by atoms with Crippen LogP contribution >= 0.6 is 0 Å². The minimum atomic E-state index is -3.09. The van der Waals surface area contributed by atoms with Crippen LogP contribution in [-0.2, 0) is 16.6 Å². The third kappa shape index (κ3) is 3.75. The summed E-state index contributed by atoms with van der Waals surface area (Å²) in [5.41, 5.74) is 1.11. The summed E-state index contributed by atoms with van der Waals surface area (Å²) < 4.78 is 24.3. The van der Waals surface area contributed by atoms with E-state index >= 15 is 0 Å². The molecule has 0 atom stereocenters. The number of nitro benzene ring substituents is 1. The first-order chi connectivity index (χ1) is 9.36. The van der Waals surface area contributed by atoms with E-state index in [-0.39, 0.29) is 5.69 Å². The Balaban J connectivity index is 1.91. The first-order valence-corrected chi connectivity index (χ1v) is 8.23. The summed E-state index contributed by atoms with van der Waals surface area (Å²) >= 11 is 0. The average molecular weight is 300 g/mol. The number of benzene rings is 1. The van der Waals surface area contributed by atoms with E-state index in [9.17, 15) is 18.5 Å². The van der Waals surface area contributed by atoms with E-state index in [4.69, 9.17) is 0 Å². The molecule has 7 nitrogen and oxygen atoms in total. The fourth-order valence-corrected chi connectivity index (χ4v) is 3.18. The zero-order valence-corrected chi connectivity index (χ0v) is 12.1. The highest BCUT2D eigenvalue weighted by Gasteiger charge is 2.25. The molecule has 20 heavy (non-hydrogen) atoms. The number of sulfonamides is 1. The van der Waals surface area contributed by atoms with Gasteiger partial charge in [0.05, 0.1) is 37.4 Å². The van der Waals surface area contributed by atoms with Crippen molar-refractivity contribution >= 4 is 15.7 Å². The van der Waals surface area contributed by atoms with Crippen LogP contribution in [0.1, 0.15) is 5.56 Å². The molecule has 1 N–H and O–H groups in total. The largest absolute Gasteiger partial charge is 0.329 e. The highest BCUT2D eigenvalue weighted by atomic mass is 32.2. The van der Waals surface area contributed by atoms with E-state index in [2.05, 4.69) is 0 Å². The van der Waals surface area contributed by atoms with Gasteiger partial charge < -0.3 is 4.90 Å². The minimum absolute atomic E-state index is 0.0886. The van der Waals surface area contributed by atoms with Gasteiger partial charge in [0.15, 0.2) is 0 Å². The molecule has 0 aromatic heterocycles. The molecule has 0 aliphatic carbocycles. The number of nitro groups is 1. The van der Waals surface area contributed by atoms with Crippen LogP contribution in [0.15, 0.2) is 24.3 Å². The van der Waals surface area contributed by atoms with Crippen molar-refractivity contribution in [1.29, 1.82) is 0 Å². The van der Waals surface area contributed by atoms with E-state index in [1.54, 1.807) is 12.1 Å². The number of rotatable bonds is 4. The summed E-state index contributed by atoms with van der Waals surface area (Å²) in [5.74, 6) is 0. The molecule has 1 aliphatic heterocycles. The number of non-ortho nitro benzene ring substituents is 1. The molecule has 110 valence electrons. The smallest absolute Gasteiger partial charge is 0.269 e. The highest BCUT2D eigenvalue weighted by molar-refractivity contribution is 7.88. The molecule has 1 heterocycles. The molecular weight excluding hydrogens is 282 g/mol. The van der Waals surface area contributed by atoms with Gasteiger partial charge >= 0.3 is 0 Å². The molecule has 0 bridgehead atoms. The minimum Gasteiger partial charge on any atom is -0.329 e. The molecule has 1 fully saturated rings. The van der Waals surface area contributed by atoms with Crippen LogP contribution in [0.25, 0.3) is 0 Å². The summed E-state index contributed by atoms with van der Waals surface area (Å²) in [7, 11) is -3.09. The van der Waals surface area contributed by atoms with Gasteiger partial charge in [-0.05, 0) is 12.1 Å². The van der Waals surface area contributed by atoms with E-state index in [1.165, 1.54) is 27.6 Å². The maximum absolute atomic E-state index is 11.4. The van der Waals surface area contributed by atoms with E-state index in [0.29, 0.717) is 13.1 Å². The Labute approximate surface area is 118 Å². The molecule has 0 radical (unpaired) electrons. The van der Waals surface area contributed by atoms with Gasteiger partial charge in [0, 0.05) is 17.7 Å². The Kier molecular flexibility index (Phi) is 4.36. The maximum atomic E-state index is 11.4. The molecule has 1 aromatic rings. The fourth-order valence-electron chi connectivity index (χ4n) is 2.34. The van der Waals surface area contributed by atoms with Crippen molar-refractivity contribution in [2.24, 2.45) is 0 Å². The van der Waals surface area contributed by atoms with Gasteiger partial charge in [-0.2, -0.15) is 4.31 Å². The molecule has 0 saturated carbocycles. The van der Waals surface area contributed by atoms with Crippen LogP contribution < -0.4 is 4.90 Å². The van der Waals surface area contributed by atoms with Crippen molar-refractivity contribution in [2.75, 3.05) is 32.4 Å². The molecule has 8 heteroatoms. The van der Waals surface area contributed by atoms with Crippen molar-refractivity contribution < 1.29 is 18.2 Å². The zero-order chi connectivity index (χ0) is 14.8. The Bertz CT molecular complexity index is 577. The van der Waals surface area contributed by atoms with Crippen LogP contribution in [0.2, 0.25) is 0 Å². The lowest BCUT2D eigenvalue weighted by Crippen LogP contribution is -3.13. The Hall–Kier alpha value is -1.51. The quantitative estimate of drug-likeness (QED) is 0.586. The van der Waals surface area contributed by atoms with E-state index in [0.717, 1.165) is 25.2 Å². The van der Waals surface area contributed by atoms with Gasteiger partial charge in [-0.25, -0.2) is 8.42 Å². The van der Waals surface area contributed by atoms with E-state index in [1.807, 2.05) is 0 Å². The molecule has 2 rings (SSSR count). The van der Waals surface area contributed by atoms with E-state index < -0.39 is 14.9 Å². The SMILES string of the molecule is CS(=O)(=O)N1CC[NH+](Cc2ccc([N+](=O)[O-])cc2)CC1. The van der Waals surface area contributed by atoms with Crippen LogP contribution in [0.5, 0.6) is 0 Å². The monoisotopic (exact) mass is 300 g/mol. The summed E-state index contributed by atoms with van der Waals surface area (Å²) in [6.07, 6.45) is 1.23. The van der Waals surface area contributed by atoms with Gasteiger partial charge in [-0.15, -0.1) is 0 Å². The molecule has 1 aromatic carbocycles. The summed E-state index contributed by atoms with van der Waals surface area (Å²) in [4.78, 5) is 11.4. The van der Waals surface area contributed by atoms with Gasteiger partial charge in [0.25, 0.3) is 5.69 Å². The summed E-state index contributed by atoms with van der Waals surface area (Å²) in [6, 6.07) is 6.52. The van der Waals surface area contributed by atoms with Crippen LogP contribution in [-0.4, -0.2) is 50.1 Å². The third-order valence-electron chi connectivity index (χ3n) is 3.50. The lowest BCUT2D eigenvalue weighted by molar-refractivity contribution is -0.917. The van der Waals surface area contributed by atoms with Crippen molar-refractivity contribution in [2.45, 2.75) is 6.54 Å². The molecule has 0 spiro atoms. The number of nitrogens with zero attached hydrogens (tertiary/aromatic N) is 2. The standard InChI is InChI=1S/C12H17N3O4S/c1-20(18,19)14-8-6-13(7-9-14)10-11-2-4-12(5-3-11)15(16)17/h2-5H,6-10H2,1H3/p+1. The second kappa shape index (κ2) is 5.86. The summed E-state index contributed by atoms with van der Waals surface area (Å²) in [6.45, 7) is 3.33. The first-order valence-electron chi connectivity index (χ1n) is 6.38. The number of hydrogen-bond acceptors (Lipinski definition) is 4. The predicted octanol–water partition coefficient (Wildman–Crippen LogP) is -0.745. The molecule has 0 amide bonds. The second-order valence-corrected chi connectivity index (χ2v) is 6.99. The van der Waals surface area contributed by atoms with Gasteiger partial charge in [0.1, 0.15) is 6.54 Å². The lowest BCUT2D eigenvalue weighted by Gasteiger charge is -2.30. The number of piperazine rings is 1. The number of quaternary nitrogens is 1. The maximum Gasteiger partial charge on any atom is 0.269 e. The Morgan fingerprint density at radius 3 is 2.25 bits per heavy atom.